The minimum atomic E-state index is 0.486. The number of tetrazole rings is 1. The maximum atomic E-state index is 5.79. The zero-order valence-corrected chi connectivity index (χ0v) is 12.3. The molecule has 0 radical (unpaired) electrons. The van der Waals surface area contributed by atoms with E-state index in [0.29, 0.717) is 19.1 Å². The van der Waals surface area contributed by atoms with Gasteiger partial charge >= 0.3 is 0 Å². The molecule has 0 saturated heterocycles. The average Bonchev–Trinajstić information content (AvgIpc) is 3.05. The van der Waals surface area contributed by atoms with Gasteiger partial charge in [-0.15, -0.1) is 5.10 Å². The predicted octanol–water partition coefficient (Wildman–Crippen LogP) is 2.70. The number of aromatic amines is 1. The fourth-order valence-electron chi connectivity index (χ4n) is 2.09. The Balaban J connectivity index is 1.53. The van der Waals surface area contributed by atoms with E-state index in [1.165, 1.54) is 11.1 Å². The van der Waals surface area contributed by atoms with E-state index in [4.69, 9.17) is 4.74 Å². The zero-order chi connectivity index (χ0) is 15.2. The van der Waals surface area contributed by atoms with Gasteiger partial charge in [0.15, 0.2) is 0 Å². The maximum Gasteiger partial charge on any atom is 0.263 e. The van der Waals surface area contributed by atoms with E-state index in [9.17, 15) is 0 Å². The number of hydrogen-bond acceptors (Lipinski definition) is 5. The normalized spacial score (nSPS) is 10.4. The van der Waals surface area contributed by atoms with E-state index in [1.807, 2.05) is 30.3 Å². The average molecular weight is 295 g/mol. The zero-order valence-electron chi connectivity index (χ0n) is 12.3. The summed E-state index contributed by atoms with van der Waals surface area (Å²) >= 11 is 0. The summed E-state index contributed by atoms with van der Waals surface area (Å²) in [6.45, 7) is 3.29. The van der Waals surface area contributed by atoms with Crippen molar-refractivity contribution in [2.24, 2.45) is 0 Å². The lowest BCUT2D eigenvalue weighted by Gasteiger charge is -2.08. The Hall–Kier alpha value is -2.89. The first-order valence-corrected chi connectivity index (χ1v) is 7.04. The SMILES string of the molecule is Cc1cccc(COc2ccc(CNc3nn[nH]n3)cc2)c1. The van der Waals surface area contributed by atoms with Crippen molar-refractivity contribution in [2.75, 3.05) is 5.32 Å². The van der Waals surface area contributed by atoms with Crippen LogP contribution in [-0.4, -0.2) is 20.6 Å². The molecule has 0 saturated carbocycles. The number of benzene rings is 2. The van der Waals surface area contributed by atoms with Gasteiger partial charge in [-0.3, -0.25) is 0 Å². The third-order valence-corrected chi connectivity index (χ3v) is 3.21. The standard InChI is InChI=1S/C16H17N5O/c1-12-3-2-4-14(9-12)11-22-15-7-5-13(6-8-15)10-17-16-18-20-21-19-16/h2-9H,10-11H2,1H3,(H2,17,18,19,20,21). The largest absolute Gasteiger partial charge is 0.489 e. The van der Waals surface area contributed by atoms with Crippen LogP contribution in [0.25, 0.3) is 0 Å². The summed E-state index contributed by atoms with van der Waals surface area (Å²) in [7, 11) is 0. The Morgan fingerprint density at radius 1 is 1.09 bits per heavy atom. The minimum absolute atomic E-state index is 0.486. The van der Waals surface area contributed by atoms with Crippen molar-refractivity contribution in [2.45, 2.75) is 20.1 Å². The highest BCUT2D eigenvalue weighted by Crippen LogP contribution is 2.15. The van der Waals surface area contributed by atoms with Gasteiger partial charge < -0.3 is 10.1 Å². The molecule has 0 atom stereocenters. The Morgan fingerprint density at radius 3 is 2.68 bits per heavy atom. The number of nitrogens with one attached hydrogen (secondary N) is 2. The minimum Gasteiger partial charge on any atom is -0.489 e. The number of anilines is 1. The van der Waals surface area contributed by atoms with Crippen LogP contribution < -0.4 is 10.1 Å². The van der Waals surface area contributed by atoms with Crippen LogP contribution >= 0.6 is 0 Å². The summed E-state index contributed by atoms with van der Waals surface area (Å²) in [5.74, 6) is 1.34. The molecule has 0 spiro atoms. The summed E-state index contributed by atoms with van der Waals surface area (Å²) in [5.41, 5.74) is 3.53. The first-order valence-electron chi connectivity index (χ1n) is 7.04. The van der Waals surface area contributed by atoms with Crippen molar-refractivity contribution in [1.29, 1.82) is 0 Å². The highest BCUT2D eigenvalue weighted by atomic mass is 16.5. The number of H-pyrrole nitrogens is 1. The molecule has 112 valence electrons. The van der Waals surface area contributed by atoms with Gasteiger partial charge in [-0.05, 0) is 35.4 Å². The molecule has 2 aromatic carbocycles. The monoisotopic (exact) mass is 295 g/mol. The van der Waals surface area contributed by atoms with E-state index in [1.54, 1.807) is 0 Å². The Labute approximate surface area is 128 Å². The van der Waals surface area contributed by atoms with Crippen LogP contribution in [0.15, 0.2) is 48.5 Å². The molecule has 1 heterocycles. The topological polar surface area (TPSA) is 75.7 Å². The lowest BCUT2D eigenvalue weighted by molar-refractivity contribution is 0.306. The van der Waals surface area contributed by atoms with Crippen LogP contribution in [0.1, 0.15) is 16.7 Å². The van der Waals surface area contributed by atoms with Crippen LogP contribution in [0.5, 0.6) is 5.75 Å². The number of aromatic nitrogens is 4. The van der Waals surface area contributed by atoms with Gasteiger partial charge in [-0.1, -0.05) is 47.1 Å². The number of ether oxygens (including phenoxy) is 1. The van der Waals surface area contributed by atoms with Crippen molar-refractivity contribution in [3.8, 4) is 5.75 Å². The molecule has 0 aliphatic carbocycles. The molecule has 0 unspecified atom stereocenters. The van der Waals surface area contributed by atoms with Gasteiger partial charge in [0.05, 0.1) is 0 Å². The molecule has 22 heavy (non-hydrogen) atoms. The molecular weight excluding hydrogens is 278 g/mol. The molecule has 0 aliphatic heterocycles. The number of rotatable bonds is 6. The second-order valence-electron chi connectivity index (χ2n) is 5.01. The van der Waals surface area contributed by atoms with Crippen molar-refractivity contribution in [3.63, 3.8) is 0 Å². The van der Waals surface area contributed by atoms with E-state index in [2.05, 4.69) is 51.1 Å². The first-order chi connectivity index (χ1) is 10.8. The lowest BCUT2D eigenvalue weighted by atomic mass is 10.1. The molecule has 3 aromatic rings. The predicted molar refractivity (Wildman–Crippen MR) is 83.5 cm³/mol. The summed E-state index contributed by atoms with van der Waals surface area (Å²) in [6, 6.07) is 16.3. The van der Waals surface area contributed by atoms with E-state index in [0.717, 1.165) is 11.3 Å². The summed E-state index contributed by atoms with van der Waals surface area (Å²) in [4.78, 5) is 0. The van der Waals surface area contributed by atoms with Crippen molar-refractivity contribution < 1.29 is 4.74 Å². The van der Waals surface area contributed by atoms with Crippen LogP contribution in [0.2, 0.25) is 0 Å². The summed E-state index contributed by atoms with van der Waals surface area (Å²) in [6.07, 6.45) is 0. The van der Waals surface area contributed by atoms with Gasteiger partial charge in [-0.25, -0.2) is 0 Å². The lowest BCUT2D eigenvalue weighted by Crippen LogP contribution is -2.01. The highest BCUT2D eigenvalue weighted by Gasteiger charge is 2.00. The number of hydrogen-bond donors (Lipinski definition) is 2. The molecule has 0 bridgehead atoms. The molecule has 3 rings (SSSR count). The fraction of sp³-hybridized carbons (Fsp3) is 0.188. The van der Waals surface area contributed by atoms with Crippen molar-refractivity contribution >= 4 is 5.95 Å². The molecule has 0 aliphatic rings. The van der Waals surface area contributed by atoms with Gasteiger partial charge in [0.2, 0.25) is 0 Å². The third-order valence-electron chi connectivity index (χ3n) is 3.21. The molecule has 0 fully saturated rings. The highest BCUT2D eigenvalue weighted by molar-refractivity contribution is 5.31. The van der Waals surface area contributed by atoms with Crippen molar-refractivity contribution in [3.05, 3.63) is 65.2 Å². The molecule has 1 aromatic heterocycles. The van der Waals surface area contributed by atoms with E-state index < -0.39 is 0 Å². The summed E-state index contributed by atoms with van der Waals surface area (Å²) < 4.78 is 5.79. The van der Waals surface area contributed by atoms with Gasteiger partial charge in [0, 0.05) is 6.54 Å². The summed E-state index contributed by atoms with van der Waals surface area (Å²) in [5, 5.41) is 16.6. The van der Waals surface area contributed by atoms with Gasteiger partial charge in [0.1, 0.15) is 12.4 Å². The molecule has 6 heteroatoms. The van der Waals surface area contributed by atoms with Gasteiger partial charge in [0.25, 0.3) is 5.95 Å². The molecular formula is C16H17N5O. The van der Waals surface area contributed by atoms with Crippen LogP contribution in [0.4, 0.5) is 5.95 Å². The van der Waals surface area contributed by atoms with Crippen LogP contribution in [0.3, 0.4) is 0 Å². The Morgan fingerprint density at radius 2 is 1.95 bits per heavy atom. The maximum absolute atomic E-state index is 5.79. The smallest absolute Gasteiger partial charge is 0.263 e. The number of aryl methyl sites for hydroxylation is 1. The Kier molecular flexibility index (Phi) is 4.29. The molecule has 0 amide bonds. The number of nitrogens with zero attached hydrogens (tertiary/aromatic N) is 3. The van der Waals surface area contributed by atoms with E-state index in [-0.39, 0.29) is 0 Å². The first kappa shape index (κ1) is 14.1. The molecule has 6 nitrogen and oxygen atoms in total. The van der Waals surface area contributed by atoms with Crippen LogP contribution in [0, 0.1) is 6.92 Å². The van der Waals surface area contributed by atoms with Crippen LogP contribution in [-0.2, 0) is 13.2 Å². The Bertz CT molecular complexity index is 710. The van der Waals surface area contributed by atoms with Crippen molar-refractivity contribution in [1.82, 2.24) is 20.6 Å². The quantitative estimate of drug-likeness (QED) is 0.731. The molecule has 2 N–H and O–H groups in total. The van der Waals surface area contributed by atoms with E-state index >= 15 is 0 Å². The second kappa shape index (κ2) is 6.71. The van der Waals surface area contributed by atoms with Gasteiger partial charge in [-0.2, -0.15) is 5.21 Å². The third kappa shape index (κ3) is 3.82. The second-order valence-corrected chi connectivity index (χ2v) is 5.01. The fourth-order valence-corrected chi connectivity index (χ4v) is 2.09.